The van der Waals surface area contributed by atoms with Gasteiger partial charge in [0.1, 0.15) is 5.69 Å². The number of rotatable bonds is 5. The SMILES string of the molecule is CCc1ccc(N)cc1S(=O)(=O)Nc1nc(C(C)=O)cs1. The van der Waals surface area contributed by atoms with Crippen molar-refractivity contribution in [3.63, 3.8) is 0 Å². The number of aryl methyl sites for hydroxylation is 1. The molecule has 8 heteroatoms. The summed E-state index contributed by atoms with van der Waals surface area (Å²) >= 11 is 1.06. The number of sulfonamides is 1. The summed E-state index contributed by atoms with van der Waals surface area (Å²) in [4.78, 5) is 15.3. The van der Waals surface area contributed by atoms with Gasteiger partial charge in [0, 0.05) is 18.0 Å². The molecule has 2 aromatic rings. The van der Waals surface area contributed by atoms with Crippen LogP contribution in [-0.2, 0) is 16.4 Å². The van der Waals surface area contributed by atoms with E-state index in [0.717, 1.165) is 11.3 Å². The fraction of sp³-hybridized carbons (Fsp3) is 0.231. The maximum atomic E-state index is 12.4. The Morgan fingerprint density at radius 2 is 2.14 bits per heavy atom. The average Bonchev–Trinajstić information content (AvgIpc) is 2.86. The van der Waals surface area contributed by atoms with Gasteiger partial charge in [-0.25, -0.2) is 13.4 Å². The second-order valence-electron chi connectivity index (χ2n) is 4.42. The van der Waals surface area contributed by atoms with Crippen LogP contribution in [0.15, 0.2) is 28.5 Å². The molecule has 0 saturated carbocycles. The number of benzene rings is 1. The van der Waals surface area contributed by atoms with Crippen LogP contribution >= 0.6 is 11.3 Å². The van der Waals surface area contributed by atoms with Crippen molar-refractivity contribution in [2.45, 2.75) is 25.2 Å². The van der Waals surface area contributed by atoms with Crippen molar-refractivity contribution in [1.82, 2.24) is 4.98 Å². The van der Waals surface area contributed by atoms with Gasteiger partial charge in [-0.05, 0) is 24.1 Å². The van der Waals surface area contributed by atoms with E-state index in [1.807, 2.05) is 6.92 Å². The van der Waals surface area contributed by atoms with Crippen LogP contribution < -0.4 is 10.5 Å². The maximum Gasteiger partial charge on any atom is 0.264 e. The molecule has 0 amide bonds. The highest BCUT2D eigenvalue weighted by atomic mass is 32.2. The van der Waals surface area contributed by atoms with Crippen LogP contribution in [0, 0.1) is 0 Å². The Bertz CT molecular complexity index is 782. The number of nitrogen functional groups attached to an aromatic ring is 1. The predicted molar refractivity (Wildman–Crippen MR) is 83.2 cm³/mol. The summed E-state index contributed by atoms with van der Waals surface area (Å²) in [5.74, 6) is -0.213. The van der Waals surface area contributed by atoms with E-state index in [-0.39, 0.29) is 21.5 Å². The average molecular weight is 325 g/mol. The first kappa shape index (κ1) is 15.5. The van der Waals surface area contributed by atoms with E-state index >= 15 is 0 Å². The van der Waals surface area contributed by atoms with Crippen molar-refractivity contribution >= 4 is 38.0 Å². The summed E-state index contributed by atoms with van der Waals surface area (Å²) < 4.78 is 27.2. The number of nitrogens with zero attached hydrogens (tertiary/aromatic N) is 1. The lowest BCUT2D eigenvalue weighted by Gasteiger charge is -2.10. The van der Waals surface area contributed by atoms with Gasteiger partial charge in [0.25, 0.3) is 10.0 Å². The molecule has 0 unspecified atom stereocenters. The van der Waals surface area contributed by atoms with Gasteiger partial charge in [0.15, 0.2) is 10.9 Å². The molecule has 0 aliphatic rings. The summed E-state index contributed by atoms with van der Waals surface area (Å²) in [5.41, 5.74) is 6.94. The molecule has 1 heterocycles. The zero-order valence-electron chi connectivity index (χ0n) is 11.6. The number of ketones is 1. The Balaban J connectivity index is 2.38. The zero-order chi connectivity index (χ0) is 15.6. The first-order valence-corrected chi connectivity index (χ1v) is 8.57. The lowest BCUT2D eigenvalue weighted by molar-refractivity contribution is 0.101. The number of carbonyl (C=O) groups is 1. The minimum Gasteiger partial charge on any atom is -0.399 e. The van der Waals surface area contributed by atoms with E-state index < -0.39 is 10.0 Å². The summed E-state index contributed by atoms with van der Waals surface area (Å²) in [6.45, 7) is 3.24. The van der Waals surface area contributed by atoms with E-state index in [4.69, 9.17) is 5.73 Å². The van der Waals surface area contributed by atoms with E-state index in [1.54, 1.807) is 12.1 Å². The van der Waals surface area contributed by atoms with Crippen LogP contribution in [0.3, 0.4) is 0 Å². The third kappa shape index (κ3) is 3.40. The highest BCUT2D eigenvalue weighted by molar-refractivity contribution is 7.93. The molecular formula is C13H15N3O3S2. The summed E-state index contributed by atoms with van der Waals surface area (Å²) in [6, 6.07) is 4.77. The minimum absolute atomic E-state index is 0.129. The third-order valence-electron chi connectivity index (χ3n) is 2.85. The van der Waals surface area contributed by atoms with Crippen molar-refractivity contribution in [3.8, 4) is 0 Å². The van der Waals surface area contributed by atoms with Crippen molar-refractivity contribution in [1.29, 1.82) is 0 Å². The van der Waals surface area contributed by atoms with Crippen LogP contribution in [0.1, 0.15) is 29.9 Å². The van der Waals surface area contributed by atoms with E-state index in [9.17, 15) is 13.2 Å². The monoisotopic (exact) mass is 325 g/mol. The molecule has 0 aliphatic heterocycles. The Kier molecular flexibility index (Phi) is 4.29. The third-order valence-corrected chi connectivity index (χ3v) is 5.16. The molecule has 0 saturated heterocycles. The van der Waals surface area contributed by atoms with Gasteiger partial charge in [0.2, 0.25) is 0 Å². The number of thiazole rings is 1. The van der Waals surface area contributed by atoms with Crippen molar-refractivity contribution in [3.05, 3.63) is 34.8 Å². The summed E-state index contributed by atoms with van der Waals surface area (Å²) in [7, 11) is -3.78. The van der Waals surface area contributed by atoms with Crippen LogP contribution in [0.4, 0.5) is 10.8 Å². The standard InChI is InChI=1S/C13H15N3O3S2/c1-3-9-4-5-10(14)6-12(9)21(18,19)16-13-15-11(7-20-13)8(2)17/h4-7H,3,14H2,1-2H3,(H,15,16). The topological polar surface area (TPSA) is 102 Å². The van der Waals surface area contributed by atoms with E-state index in [1.165, 1.54) is 18.4 Å². The fourth-order valence-corrected chi connectivity index (χ4v) is 4.11. The molecule has 2 rings (SSSR count). The lowest BCUT2D eigenvalue weighted by atomic mass is 10.1. The van der Waals surface area contributed by atoms with Gasteiger partial charge in [-0.3, -0.25) is 9.52 Å². The second kappa shape index (κ2) is 5.82. The van der Waals surface area contributed by atoms with E-state index in [0.29, 0.717) is 17.7 Å². The Morgan fingerprint density at radius 3 is 2.71 bits per heavy atom. The second-order valence-corrected chi connectivity index (χ2v) is 6.93. The van der Waals surface area contributed by atoms with Gasteiger partial charge in [-0.2, -0.15) is 0 Å². The number of anilines is 2. The Hall–Kier alpha value is -1.93. The molecule has 0 atom stereocenters. The number of aromatic nitrogens is 1. The number of hydrogen-bond donors (Lipinski definition) is 2. The Labute approximate surface area is 127 Å². The largest absolute Gasteiger partial charge is 0.399 e. The fourth-order valence-electron chi connectivity index (χ4n) is 1.77. The van der Waals surface area contributed by atoms with E-state index in [2.05, 4.69) is 9.71 Å². The van der Waals surface area contributed by atoms with Crippen LogP contribution in [0.2, 0.25) is 0 Å². The van der Waals surface area contributed by atoms with Crippen LogP contribution in [0.25, 0.3) is 0 Å². The predicted octanol–water partition coefficient (Wildman–Crippen LogP) is 2.29. The molecule has 6 nitrogen and oxygen atoms in total. The van der Waals surface area contributed by atoms with Gasteiger partial charge in [-0.15, -0.1) is 11.3 Å². The van der Waals surface area contributed by atoms with Crippen LogP contribution in [-0.4, -0.2) is 19.2 Å². The van der Waals surface area contributed by atoms with Gasteiger partial charge >= 0.3 is 0 Å². The molecule has 3 N–H and O–H groups in total. The molecule has 0 bridgehead atoms. The molecule has 0 aliphatic carbocycles. The molecule has 1 aromatic carbocycles. The van der Waals surface area contributed by atoms with Gasteiger partial charge < -0.3 is 5.73 Å². The molecular weight excluding hydrogens is 310 g/mol. The van der Waals surface area contributed by atoms with Crippen molar-refractivity contribution < 1.29 is 13.2 Å². The smallest absolute Gasteiger partial charge is 0.264 e. The first-order chi connectivity index (χ1) is 9.83. The minimum atomic E-state index is -3.78. The number of carbonyl (C=O) groups excluding carboxylic acids is 1. The zero-order valence-corrected chi connectivity index (χ0v) is 13.2. The van der Waals surface area contributed by atoms with Crippen molar-refractivity contribution in [2.24, 2.45) is 0 Å². The van der Waals surface area contributed by atoms with Gasteiger partial charge in [-0.1, -0.05) is 13.0 Å². The van der Waals surface area contributed by atoms with Gasteiger partial charge in [0.05, 0.1) is 4.90 Å². The summed E-state index contributed by atoms with van der Waals surface area (Å²) in [5, 5.41) is 1.67. The molecule has 21 heavy (non-hydrogen) atoms. The number of Topliss-reactive ketones (excluding diaryl/α,β-unsaturated/α-hetero) is 1. The van der Waals surface area contributed by atoms with Crippen LogP contribution in [0.5, 0.6) is 0 Å². The highest BCUT2D eigenvalue weighted by Crippen LogP contribution is 2.24. The molecule has 112 valence electrons. The highest BCUT2D eigenvalue weighted by Gasteiger charge is 2.20. The number of nitrogens with two attached hydrogens (primary N) is 1. The molecule has 1 aromatic heterocycles. The lowest BCUT2D eigenvalue weighted by Crippen LogP contribution is -2.15. The quantitative estimate of drug-likeness (QED) is 0.648. The number of nitrogens with one attached hydrogen (secondary N) is 1. The van der Waals surface area contributed by atoms with Crippen molar-refractivity contribution in [2.75, 3.05) is 10.5 Å². The molecule has 0 spiro atoms. The maximum absolute atomic E-state index is 12.4. The summed E-state index contributed by atoms with van der Waals surface area (Å²) in [6.07, 6.45) is 0.563. The molecule has 0 radical (unpaired) electrons. The normalized spacial score (nSPS) is 11.3. The Morgan fingerprint density at radius 1 is 1.43 bits per heavy atom. The molecule has 0 fully saturated rings. The number of hydrogen-bond acceptors (Lipinski definition) is 6. The first-order valence-electron chi connectivity index (χ1n) is 6.21.